The van der Waals surface area contributed by atoms with E-state index in [2.05, 4.69) is 0 Å². The molecule has 0 amide bonds. The molecule has 0 N–H and O–H groups in total. The maximum atomic E-state index is 16.1. The van der Waals surface area contributed by atoms with Crippen molar-refractivity contribution in [2.45, 2.75) is 62.8 Å². The monoisotopic (exact) mass is 477 g/mol. The molecule has 3 aliphatic rings. The summed E-state index contributed by atoms with van der Waals surface area (Å²) >= 11 is 0. The van der Waals surface area contributed by atoms with Crippen molar-refractivity contribution in [3.8, 4) is 11.5 Å². The molecule has 0 radical (unpaired) electrons. The third-order valence-electron chi connectivity index (χ3n) is 7.72. The van der Waals surface area contributed by atoms with Crippen LogP contribution in [0.15, 0.2) is 24.3 Å². The van der Waals surface area contributed by atoms with Crippen molar-refractivity contribution < 1.29 is 31.8 Å². The predicted molar refractivity (Wildman–Crippen MR) is 117 cm³/mol. The molecule has 3 atom stereocenters. The molecular formula is C26H27F4NO3. The number of hydrogen-bond donors (Lipinski definition) is 0. The number of methoxy groups -OCH3 is 2. The van der Waals surface area contributed by atoms with Gasteiger partial charge in [0.25, 0.3) is 0 Å². The van der Waals surface area contributed by atoms with Gasteiger partial charge in [0.15, 0.2) is 28.9 Å². The summed E-state index contributed by atoms with van der Waals surface area (Å²) in [7, 11) is 3.04. The molecule has 8 heteroatoms. The molecule has 2 aliphatic heterocycles. The highest BCUT2D eigenvalue weighted by atomic mass is 19.2. The van der Waals surface area contributed by atoms with Crippen LogP contribution < -0.4 is 9.47 Å². The lowest BCUT2D eigenvalue weighted by Crippen LogP contribution is -2.49. The number of halogens is 4. The number of rotatable bonds is 6. The highest BCUT2D eigenvalue weighted by Crippen LogP contribution is 2.48. The summed E-state index contributed by atoms with van der Waals surface area (Å²) < 4.78 is 68.3. The fourth-order valence-corrected chi connectivity index (χ4v) is 6.23. The summed E-state index contributed by atoms with van der Waals surface area (Å²) in [6.07, 6.45) is 2.49. The molecule has 0 aromatic heterocycles. The maximum Gasteiger partial charge on any atom is 0.166 e. The number of carbonyl (C=O) groups excluding carboxylic acids is 1. The molecule has 2 saturated heterocycles. The van der Waals surface area contributed by atoms with Gasteiger partial charge >= 0.3 is 0 Å². The zero-order chi connectivity index (χ0) is 24.2. The fourth-order valence-electron chi connectivity index (χ4n) is 6.23. The number of hydrogen-bond acceptors (Lipinski definition) is 4. The van der Waals surface area contributed by atoms with E-state index in [4.69, 9.17) is 9.47 Å². The number of nitrogens with zero attached hydrogens (tertiary/aromatic N) is 1. The second kappa shape index (κ2) is 8.56. The van der Waals surface area contributed by atoms with Gasteiger partial charge in [-0.2, -0.15) is 0 Å². The largest absolute Gasteiger partial charge is 0.493 e. The normalized spacial score (nSPS) is 28.3. The van der Waals surface area contributed by atoms with Crippen molar-refractivity contribution in [3.63, 3.8) is 0 Å². The average molecular weight is 477 g/mol. The van der Waals surface area contributed by atoms with Gasteiger partial charge in [-0.1, -0.05) is 0 Å². The molecule has 2 aromatic rings. The minimum Gasteiger partial charge on any atom is -0.493 e. The fraction of sp³-hybridized carbons (Fsp3) is 0.500. The third kappa shape index (κ3) is 3.96. The Hall–Kier alpha value is -2.61. The lowest BCUT2D eigenvalue weighted by molar-refractivity contribution is -0.00700. The van der Waals surface area contributed by atoms with Crippen molar-refractivity contribution in [2.75, 3.05) is 14.2 Å². The number of ether oxygens (including phenoxy) is 2. The van der Waals surface area contributed by atoms with Crippen LogP contribution in [0.4, 0.5) is 17.6 Å². The number of benzene rings is 2. The van der Waals surface area contributed by atoms with Gasteiger partial charge in [-0.25, -0.2) is 17.6 Å². The quantitative estimate of drug-likeness (QED) is 0.413. The Balaban J connectivity index is 1.30. The molecule has 182 valence electrons. The van der Waals surface area contributed by atoms with Crippen molar-refractivity contribution in [1.82, 2.24) is 4.90 Å². The summed E-state index contributed by atoms with van der Waals surface area (Å²) in [6, 6.07) is 4.67. The third-order valence-corrected chi connectivity index (χ3v) is 7.72. The molecule has 2 aromatic carbocycles. The first kappa shape index (κ1) is 23.1. The van der Waals surface area contributed by atoms with E-state index < -0.39 is 29.0 Å². The summed E-state index contributed by atoms with van der Waals surface area (Å²) in [5, 5.41) is 0. The molecule has 2 heterocycles. The first-order valence-corrected chi connectivity index (χ1v) is 11.6. The minimum absolute atomic E-state index is 0.0410. The van der Waals surface area contributed by atoms with Crippen LogP contribution in [0.1, 0.15) is 53.6 Å². The summed E-state index contributed by atoms with van der Waals surface area (Å²) in [5.41, 5.74) is -0.189. The van der Waals surface area contributed by atoms with E-state index in [1.807, 2.05) is 4.90 Å². The zero-order valence-corrected chi connectivity index (χ0v) is 19.2. The Labute approximate surface area is 195 Å². The van der Waals surface area contributed by atoms with Crippen LogP contribution in [0, 0.1) is 23.4 Å². The van der Waals surface area contributed by atoms with Gasteiger partial charge in [0.1, 0.15) is 11.5 Å². The molecule has 0 saturated carbocycles. The Morgan fingerprint density at radius 2 is 1.65 bits per heavy atom. The van der Waals surface area contributed by atoms with Gasteiger partial charge in [0.2, 0.25) is 0 Å². The molecule has 4 nitrogen and oxygen atoms in total. The molecule has 1 aliphatic carbocycles. The van der Waals surface area contributed by atoms with Gasteiger partial charge in [-0.3, -0.25) is 9.69 Å². The number of Topliss-reactive ketones (excluding diaryl/α,β-unsaturated/α-hetero) is 1. The van der Waals surface area contributed by atoms with Crippen LogP contribution in [0.25, 0.3) is 0 Å². The van der Waals surface area contributed by atoms with E-state index in [1.165, 1.54) is 14.2 Å². The average Bonchev–Trinajstić information content (AvgIpc) is 3.22. The van der Waals surface area contributed by atoms with Crippen LogP contribution in [0.2, 0.25) is 0 Å². The van der Waals surface area contributed by atoms with E-state index in [-0.39, 0.29) is 49.2 Å². The number of alkyl halides is 1. The maximum absolute atomic E-state index is 16.1. The van der Waals surface area contributed by atoms with Crippen LogP contribution >= 0.6 is 0 Å². The zero-order valence-electron chi connectivity index (χ0n) is 19.2. The number of fused-ring (bicyclic) bond motifs is 3. The van der Waals surface area contributed by atoms with E-state index in [0.717, 1.165) is 24.5 Å². The summed E-state index contributed by atoms with van der Waals surface area (Å²) in [6.45, 7) is 0.0410. The second-order valence-corrected chi connectivity index (χ2v) is 9.81. The topological polar surface area (TPSA) is 38.8 Å². The van der Waals surface area contributed by atoms with Gasteiger partial charge in [-0.05, 0) is 62.3 Å². The standard InChI is InChI=1S/C26H27F4NO3/c1-33-22-7-14-5-15(25(32)20(14)9-23(22)34-2)10-26(30)11-18-3-4-19(12-26)31(18)13-16-6-17(27)8-21(28)24(16)29/h6-9,15,18-19H,3-5,10-13H2,1-2H3. The second-order valence-electron chi connectivity index (χ2n) is 9.81. The highest BCUT2D eigenvalue weighted by Gasteiger charge is 2.51. The van der Waals surface area contributed by atoms with E-state index >= 15 is 4.39 Å². The Bertz CT molecular complexity index is 1120. The van der Waals surface area contributed by atoms with Crippen molar-refractivity contribution in [1.29, 1.82) is 0 Å². The van der Waals surface area contributed by atoms with Crippen LogP contribution in [0.5, 0.6) is 11.5 Å². The lowest BCUT2D eigenvalue weighted by atomic mass is 9.79. The SMILES string of the molecule is COc1cc2c(cc1OC)C(=O)C(CC1(F)CC3CCC(C1)N3Cc1cc(F)cc(F)c1F)C2. The van der Waals surface area contributed by atoms with Crippen LogP contribution in [-0.2, 0) is 13.0 Å². The van der Waals surface area contributed by atoms with E-state index in [9.17, 15) is 18.0 Å². The first-order valence-electron chi connectivity index (χ1n) is 11.6. The predicted octanol–water partition coefficient (Wildman–Crippen LogP) is 5.40. The smallest absolute Gasteiger partial charge is 0.166 e. The van der Waals surface area contributed by atoms with Crippen LogP contribution in [-0.4, -0.2) is 42.7 Å². The van der Waals surface area contributed by atoms with Crippen LogP contribution in [0.3, 0.4) is 0 Å². The number of carbonyl (C=O) groups is 1. The number of piperidine rings is 1. The van der Waals surface area contributed by atoms with Gasteiger partial charge in [0, 0.05) is 41.7 Å². The van der Waals surface area contributed by atoms with Gasteiger partial charge in [-0.15, -0.1) is 0 Å². The Morgan fingerprint density at radius 1 is 1.00 bits per heavy atom. The minimum atomic E-state index is -1.52. The summed E-state index contributed by atoms with van der Waals surface area (Å²) in [5.74, 6) is -2.64. The lowest BCUT2D eigenvalue weighted by Gasteiger charge is -2.43. The van der Waals surface area contributed by atoms with E-state index in [0.29, 0.717) is 29.5 Å². The van der Waals surface area contributed by atoms with Gasteiger partial charge in [0.05, 0.1) is 14.2 Å². The highest BCUT2D eigenvalue weighted by molar-refractivity contribution is 6.03. The van der Waals surface area contributed by atoms with E-state index in [1.54, 1.807) is 12.1 Å². The Kier molecular flexibility index (Phi) is 5.82. The first-order chi connectivity index (χ1) is 16.2. The Morgan fingerprint density at radius 3 is 2.29 bits per heavy atom. The molecule has 2 bridgehead atoms. The van der Waals surface area contributed by atoms with Crippen molar-refractivity contribution in [3.05, 3.63) is 58.4 Å². The molecular weight excluding hydrogens is 450 g/mol. The molecule has 0 spiro atoms. The summed E-state index contributed by atoms with van der Waals surface area (Å²) in [4.78, 5) is 15.0. The van der Waals surface area contributed by atoms with Gasteiger partial charge < -0.3 is 9.47 Å². The molecule has 2 fully saturated rings. The number of ketones is 1. The molecule has 34 heavy (non-hydrogen) atoms. The molecule has 5 rings (SSSR count). The molecule has 3 unspecified atom stereocenters. The van der Waals surface area contributed by atoms with Crippen molar-refractivity contribution in [2.24, 2.45) is 5.92 Å². The van der Waals surface area contributed by atoms with Crippen molar-refractivity contribution >= 4 is 5.78 Å².